The molecule has 0 radical (unpaired) electrons. The minimum atomic E-state index is -1.87. The van der Waals surface area contributed by atoms with E-state index in [0.717, 1.165) is 5.56 Å². The minimum absolute atomic E-state index is 0.00777. The van der Waals surface area contributed by atoms with Gasteiger partial charge in [-0.3, -0.25) is 4.79 Å². The van der Waals surface area contributed by atoms with Crippen LogP contribution in [0.3, 0.4) is 0 Å². The molecule has 1 amide bonds. The number of amides is 1. The highest BCUT2D eigenvalue weighted by atomic mass is 35.6. The Balaban J connectivity index is 1.98. The van der Waals surface area contributed by atoms with Crippen LogP contribution in [0.2, 0.25) is 5.02 Å². The van der Waals surface area contributed by atoms with Gasteiger partial charge in [-0.25, -0.2) is 9.67 Å². The number of rotatable bonds is 3. The van der Waals surface area contributed by atoms with Crippen molar-refractivity contribution in [3.63, 3.8) is 0 Å². The predicted octanol–water partition coefficient (Wildman–Crippen LogP) is 6.30. The van der Waals surface area contributed by atoms with Crippen molar-refractivity contribution >= 4 is 58.0 Å². The number of aromatic nitrogens is 3. The van der Waals surface area contributed by atoms with Crippen LogP contribution in [0.4, 0.5) is 5.69 Å². The molecule has 1 N–H and O–H groups in total. The lowest BCUT2D eigenvalue weighted by molar-refractivity contribution is 0.101. The highest BCUT2D eigenvalue weighted by Crippen LogP contribution is 2.38. The van der Waals surface area contributed by atoms with Crippen molar-refractivity contribution in [3.05, 3.63) is 70.8 Å². The molecule has 0 spiro atoms. The molecular weight excluding hydrogens is 454 g/mol. The molecule has 1 heterocycles. The summed E-state index contributed by atoms with van der Waals surface area (Å²) in [6, 6.07) is 14.4. The first kappa shape index (κ1) is 21.9. The van der Waals surface area contributed by atoms with E-state index < -0.39 is 9.70 Å². The van der Waals surface area contributed by atoms with Crippen molar-refractivity contribution in [1.82, 2.24) is 14.8 Å². The molecule has 0 saturated heterocycles. The summed E-state index contributed by atoms with van der Waals surface area (Å²) in [5, 5.41) is 7.44. The van der Waals surface area contributed by atoms with E-state index in [9.17, 15) is 4.79 Å². The molecule has 0 atom stereocenters. The zero-order valence-electron chi connectivity index (χ0n) is 15.9. The van der Waals surface area contributed by atoms with Gasteiger partial charge in [-0.1, -0.05) is 97.5 Å². The molecule has 29 heavy (non-hydrogen) atoms. The highest BCUT2D eigenvalue weighted by molar-refractivity contribution is 6.66. The number of hydrogen-bond donors (Lipinski definition) is 1. The lowest BCUT2D eigenvalue weighted by Crippen LogP contribution is -2.17. The Hall–Kier alpha value is -1.79. The van der Waals surface area contributed by atoms with Gasteiger partial charge < -0.3 is 5.32 Å². The molecule has 0 aliphatic rings. The normalized spacial score (nSPS) is 12.1. The van der Waals surface area contributed by atoms with Gasteiger partial charge in [-0.05, 0) is 29.2 Å². The van der Waals surface area contributed by atoms with Gasteiger partial charge in [0.15, 0.2) is 5.82 Å². The molecule has 152 valence electrons. The van der Waals surface area contributed by atoms with Crippen molar-refractivity contribution in [2.45, 2.75) is 30.0 Å². The Morgan fingerprint density at radius 1 is 1.00 bits per heavy atom. The molecular formula is C20H18Cl4N4O. The van der Waals surface area contributed by atoms with Gasteiger partial charge in [0.25, 0.3) is 5.91 Å². The van der Waals surface area contributed by atoms with E-state index in [1.807, 2.05) is 39.0 Å². The first-order valence-electron chi connectivity index (χ1n) is 8.68. The largest absolute Gasteiger partial charge is 0.318 e. The van der Waals surface area contributed by atoms with Crippen molar-refractivity contribution < 1.29 is 4.79 Å². The number of nitrogens with zero attached hydrogens (tertiary/aromatic N) is 3. The Labute approximate surface area is 188 Å². The average molecular weight is 472 g/mol. The third-order valence-corrected chi connectivity index (χ3v) is 5.03. The number of alkyl halides is 3. The first-order chi connectivity index (χ1) is 13.5. The van der Waals surface area contributed by atoms with Crippen LogP contribution in [0, 0.1) is 0 Å². The molecule has 3 rings (SSSR count). The van der Waals surface area contributed by atoms with Crippen LogP contribution >= 0.6 is 46.4 Å². The maximum absolute atomic E-state index is 12.8. The second-order valence-electron chi connectivity index (χ2n) is 7.38. The van der Waals surface area contributed by atoms with Crippen molar-refractivity contribution in [2.75, 3.05) is 5.32 Å². The molecule has 0 bridgehead atoms. The Morgan fingerprint density at radius 3 is 2.24 bits per heavy atom. The second kappa shape index (κ2) is 8.15. The molecule has 0 fully saturated rings. The lowest BCUT2D eigenvalue weighted by Gasteiger charge is -2.22. The summed E-state index contributed by atoms with van der Waals surface area (Å²) in [6.07, 6.45) is 0. The van der Waals surface area contributed by atoms with Gasteiger partial charge in [0.05, 0.1) is 16.4 Å². The first-order valence-corrected chi connectivity index (χ1v) is 10.2. The Morgan fingerprint density at radius 2 is 1.66 bits per heavy atom. The third kappa shape index (κ3) is 4.86. The lowest BCUT2D eigenvalue weighted by atomic mass is 9.87. The molecule has 0 unspecified atom stereocenters. The number of benzene rings is 2. The molecule has 3 aromatic rings. The second-order valence-corrected chi connectivity index (χ2v) is 10.0. The average Bonchev–Trinajstić information content (AvgIpc) is 3.09. The summed E-state index contributed by atoms with van der Waals surface area (Å²) in [7, 11) is 0. The van der Waals surface area contributed by atoms with E-state index in [0.29, 0.717) is 16.4 Å². The van der Waals surface area contributed by atoms with Crippen molar-refractivity contribution in [2.24, 2.45) is 0 Å². The van der Waals surface area contributed by atoms with Gasteiger partial charge in [0, 0.05) is 0 Å². The van der Waals surface area contributed by atoms with Gasteiger partial charge in [-0.15, -0.1) is 5.10 Å². The van der Waals surface area contributed by atoms with Gasteiger partial charge in [0.2, 0.25) is 9.62 Å². The zero-order chi connectivity index (χ0) is 21.4. The zero-order valence-corrected chi connectivity index (χ0v) is 18.9. The van der Waals surface area contributed by atoms with E-state index >= 15 is 0 Å². The summed E-state index contributed by atoms with van der Waals surface area (Å²) < 4.78 is -0.541. The number of hydrogen-bond acceptors (Lipinski definition) is 3. The third-order valence-electron chi connectivity index (χ3n) is 4.12. The van der Waals surface area contributed by atoms with Crippen LogP contribution < -0.4 is 5.32 Å². The van der Waals surface area contributed by atoms with Gasteiger partial charge >= 0.3 is 0 Å². The van der Waals surface area contributed by atoms with E-state index in [2.05, 4.69) is 15.4 Å². The summed E-state index contributed by atoms with van der Waals surface area (Å²) in [6.45, 7) is 6.11. The standard InChI is InChI=1S/C20H18Cl4N4O/c1-19(2,3)13-10-7-11-14(15(13)21)25-17(29)16-26-18(20(22,23)24)28(27-16)12-8-5-4-6-9-12/h4-11H,1-3H3,(H,25,29). The number of carbonyl (C=O) groups is 1. The van der Waals surface area contributed by atoms with Crippen molar-refractivity contribution in [1.29, 1.82) is 0 Å². The number of halogens is 4. The van der Waals surface area contributed by atoms with E-state index in [1.165, 1.54) is 4.68 Å². The summed E-state index contributed by atoms with van der Waals surface area (Å²) in [5.41, 5.74) is 1.78. The van der Waals surface area contributed by atoms with Crippen LogP contribution in [0.5, 0.6) is 0 Å². The van der Waals surface area contributed by atoms with Crippen molar-refractivity contribution in [3.8, 4) is 5.69 Å². The Bertz CT molecular complexity index is 1040. The molecule has 9 heteroatoms. The van der Waals surface area contributed by atoms with E-state index in [1.54, 1.807) is 30.3 Å². The summed E-state index contributed by atoms with van der Waals surface area (Å²) in [5.74, 6) is -0.705. The quantitative estimate of drug-likeness (QED) is 0.456. The molecule has 0 aliphatic heterocycles. The highest BCUT2D eigenvalue weighted by Gasteiger charge is 2.33. The smallest absolute Gasteiger partial charge is 0.295 e. The number of carbonyl (C=O) groups excluding carboxylic acids is 1. The van der Waals surface area contributed by atoms with Crippen LogP contribution in [0.1, 0.15) is 42.8 Å². The Kier molecular flexibility index (Phi) is 6.16. The molecule has 5 nitrogen and oxygen atoms in total. The maximum Gasteiger partial charge on any atom is 0.295 e. The fourth-order valence-electron chi connectivity index (χ4n) is 2.73. The molecule has 2 aromatic carbocycles. The molecule has 1 aromatic heterocycles. The van der Waals surface area contributed by atoms with E-state index in [-0.39, 0.29) is 17.1 Å². The number of nitrogens with one attached hydrogen (secondary N) is 1. The monoisotopic (exact) mass is 470 g/mol. The number of anilines is 1. The van der Waals surface area contributed by atoms with Crippen LogP contribution in [0.25, 0.3) is 5.69 Å². The maximum atomic E-state index is 12.8. The number of para-hydroxylation sites is 1. The van der Waals surface area contributed by atoms with E-state index in [4.69, 9.17) is 46.4 Å². The molecule has 0 saturated carbocycles. The topological polar surface area (TPSA) is 59.8 Å². The van der Waals surface area contributed by atoms with Crippen LogP contribution in [-0.2, 0) is 9.21 Å². The van der Waals surface area contributed by atoms with Gasteiger partial charge in [0.1, 0.15) is 0 Å². The minimum Gasteiger partial charge on any atom is -0.318 e. The SMILES string of the molecule is CC(C)(C)c1cccc(NC(=O)c2nc(C(Cl)(Cl)Cl)n(-c3ccccc3)n2)c1Cl. The summed E-state index contributed by atoms with van der Waals surface area (Å²) >= 11 is 24.6. The summed E-state index contributed by atoms with van der Waals surface area (Å²) in [4.78, 5) is 17.0. The fraction of sp³-hybridized carbons (Fsp3) is 0.250. The molecule has 0 aliphatic carbocycles. The van der Waals surface area contributed by atoms with Gasteiger partial charge in [-0.2, -0.15) is 0 Å². The van der Waals surface area contributed by atoms with Crippen LogP contribution in [0.15, 0.2) is 48.5 Å². The predicted molar refractivity (Wildman–Crippen MR) is 119 cm³/mol. The van der Waals surface area contributed by atoms with Crippen LogP contribution in [-0.4, -0.2) is 20.7 Å². The fourth-order valence-corrected chi connectivity index (χ4v) is 3.55.